The first-order valence-electron chi connectivity index (χ1n) is 10.4. The number of nitrogens with one attached hydrogen (secondary N) is 1. The topological polar surface area (TPSA) is 160 Å². The minimum absolute atomic E-state index is 0.0630. The van der Waals surface area contributed by atoms with Gasteiger partial charge in [0.05, 0.1) is 0 Å². The summed E-state index contributed by atoms with van der Waals surface area (Å²) in [5, 5.41) is 19.3. The third-order valence-electron chi connectivity index (χ3n) is 4.91. The molecule has 0 saturated carbocycles. The van der Waals surface area contributed by atoms with E-state index in [1.54, 1.807) is 29.2 Å². The Bertz CT molecular complexity index is 1280. The largest absolute Gasteiger partial charge is 0.477 e. The third-order valence-corrected chi connectivity index (χ3v) is 7.94. The number of rotatable bonds is 10. The molecule has 2 aromatic rings. The molecular weight excluding hydrogens is 524 g/mol. The lowest BCUT2D eigenvalue weighted by Gasteiger charge is -2.49. The van der Waals surface area contributed by atoms with Crippen LogP contribution >= 0.6 is 34.9 Å². The lowest BCUT2D eigenvalue weighted by atomic mass is 10.0. The number of hydrogen-bond donors (Lipinski definition) is 3. The Morgan fingerprint density at radius 1 is 1.47 bits per heavy atom. The summed E-state index contributed by atoms with van der Waals surface area (Å²) in [7, 11) is 0. The number of aromatic nitrogens is 2. The second-order valence-corrected chi connectivity index (χ2v) is 10.2. The average Bonchev–Trinajstić information content (AvgIpc) is 3.30. The number of carbonyl (C=O) groups is 3. The van der Waals surface area contributed by atoms with Crippen molar-refractivity contribution >= 4 is 69.6 Å². The van der Waals surface area contributed by atoms with Gasteiger partial charge in [0.1, 0.15) is 29.4 Å². The van der Waals surface area contributed by atoms with Crippen molar-refractivity contribution in [1.82, 2.24) is 20.2 Å². The monoisotopic (exact) mass is 544 g/mol. The maximum Gasteiger partial charge on any atom is 0.353 e. The standard InChI is InChI=1S/C22H20N6O5S3/c1-2-7-33-27-15(13-10-36-22(23)25-13)18(29)26-16-19(30)28-17(21(31)32)14(11-35-20(16)28)34-8-5-12-4-3-6-24-9-12/h2-6,8-10,16,20H,1,7,11H2,(H2,23,25)(H,26,29)(H,31,32)/b8-5-,27-15+/t16?,20-/m1/s1. The summed E-state index contributed by atoms with van der Waals surface area (Å²) >= 11 is 3.71. The van der Waals surface area contributed by atoms with Crippen LogP contribution in [0, 0.1) is 0 Å². The highest BCUT2D eigenvalue weighted by atomic mass is 32.2. The Hall–Kier alpha value is -3.62. The van der Waals surface area contributed by atoms with Gasteiger partial charge in [-0.05, 0) is 23.1 Å². The van der Waals surface area contributed by atoms with E-state index in [4.69, 9.17) is 10.6 Å². The fraction of sp³-hybridized carbons (Fsp3) is 0.182. The van der Waals surface area contributed by atoms with E-state index >= 15 is 0 Å². The van der Waals surface area contributed by atoms with Gasteiger partial charge in [0.25, 0.3) is 11.8 Å². The number of nitrogen functional groups attached to an aromatic ring is 1. The summed E-state index contributed by atoms with van der Waals surface area (Å²) in [6, 6.07) is 2.73. The van der Waals surface area contributed by atoms with Gasteiger partial charge < -0.3 is 21.0 Å². The molecule has 11 nitrogen and oxygen atoms in total. The molecule has 14 heteroatoms. The predicted octanol–water partition coefficient (Wildman–Crippen LogP) is 2.13. The van der Waals surface area contributed by atoms with Crippen LogP contribution in [0.2, 0.25) is 0 Å². The Labute approximate surface area is 218 Å². The van der Waals surface area contributed by atoms with Crippen LogP contribution in [0.15, 0.2) is 63.7 Å². The summed E-state index contributed by atoms with van der Waals surface area (Å²) in [6.45, 7) is 3.59. The zero-order chi connectivity index (χ0) is 25.7. The van der Waals surface area contributed by atoms with Crippen molar-refractivity contribution in [1.29, 1.82) is 0 Å². The maximum absolute atomic E-state index is 13.0. The van der Waals surface area contributed by atoms with Gasteiger partial charge in [-0.1, -0.05) is 35.6 Å². The van der Waals surface area contributed by atoms with Crippen molar-refractivity contribution in [3.63, 3.8) is 0 Å². The fourth-order valence-corrected chi connectivity index (χ4v) is 6.22. The van der Waals surface area contributed by atoms with Crippen molar-refractivity contribution in [2.24, 2.45) is 5.16 Å². The number of nitrogens with two attached hydrogens (primary N) is 1. The van der Waals surface area contributed by atoms with Gasteiger partial charge in [-0.25, -0.2) is 9.78 Å². The van der Waals surface area contributed by atoms with Crippen LogP contribution < -0.4 is 11.1 Å². The van der Waals surface area contributed by atoms with Gasteiger partial charge in [0.15, 0.2) is 10.8 Å². The summed E-state index contributed by atoms with van der Waals surface area (Å²) in [6.07, 6.45) is 6.61. The number of carbonyl (C=O) groups excluding carboxylic acids is 2. The number of hydrogen-bond acceptors (Lipinski definition) is 11. The molecule has 0 spiro atoms. The molecule has 4 N–H and O–H groups in total. The number of oxime groups is 1. The number of carboxylic acids is 1. The lowest BCUT2D eigenvalue weighted by Crippen LogP contribution is -2.71. The van der Waals surface area contributed by atoms with Crippen LogP contribution in [0.5, 0.6) is 0 Å². The molecule has 1 saturated heterocycles. The molecule has 2 aliphatic rings. The molecule has 2 aliphatic heterocycles. The first-order chi connectivity index (χ1) is 17.4. The average molecular weight is 545 g/mol. The highest BCUT2D eigenvalue weighted by Gasteiger charge is 2.54. The number of pyridine rings is 1. The van der Waals surface area contributed by atoms with Crippen molar-refractivity contribution in [2.75, 3.05) is 18.1 Å². The molecule has 186 valence electrons. The highest BCUT2D eigenvalue weighted by molar-refractivity contribution is 8.08. The van der Waals surface area contributed by atoms with Gasteiger partial charge in [-0.3, -0.25) is 19.5 Å². The van der Waals surface area contributed by atoms with Crippen LogP contribution in [0.3, 0.4) is 0 Å². The Kier molecular flexibility index (Phi) is 8.07. The van der Waals surface area contributed by atoms with Gasteiger partial charge >= 0.3 is 5.97 Å². The Morgan fingerprint density at radius 3 is 2.97 bits per heavy atom. The molecule has 1 fully saturated rings. The minimum Gasteiger partial charge on any atom is -0.477 e. The molecule has 4 rings (SSSR count). The van der Waals surface area contributed by atoms with E-state index in [-0.39, 0.29) is 28.8 Å². The molecule has 4 heterocycles. The molecule has 1 unspecified atom stereocenters. The number of thiazole rings is 1. The van der Waals surface area contributed by atoms with Crippen molar-refractivity contribution < 1.29 is 24.3 Å². The minimum atomic E-state index is -1.21. The number of aliphatic carboxylic acids is 1. The molecular formula is C22H20N6O5S3. The number of thioether (sulfide) groups is 2. The van der Waals surface area contributed by atoms with E-state index in [0.717, 1.165) is 16.9 Å². The van der Waals surface area contributed by atoms with Crippen molar-refractivity contribution in [3.05, 3.63) is 69.8 Å². The SMILES string of the molecule is C=CCO/N=C(/C(=O)NC1C(=O)N2C(C(=O)O)=C(S/C=C\c3cccnc3)CS[C@H]12)c1csc(N)n1. The van der Waals surface area contributed by atoms with Gasteiger partial charge in [-0.2, -0.15) is 0 Å². The molecule has 0 aromatic carbocycles. The second-order valence-electron chi connectivity index (χ2n) is 7.24. The highest BCUT2D eigenvalue weighted by Crippen LogP contribution is 2.43. The van der Waals surface area contributed by atoms with Gasteiger partial charge in [-0.15, -0.1) is 23.1 Å². The van der Waals surface area contributed by atoms with Crippen molar-refractivity contribution in [3.8, 4) is 0 Å². The van der Waals surface area contributed by atoms with E-state index in [9.17, 15) is 19.5 Å². The number of nitrogens with zero attached hydrogens (tertiary/aromatic N) is 4. The summed E-state index contributed by atoms with van der Waals surface area (Å²) in [5.41, 5.74) is 6.49. The summed E-state index contributed by atoms with van der Waals surface area (Å²) in [4.78, 5) is 52.9. The lowest BCUT2D eigenvalue weighted by molar-refractivity contribution is -0.150. The molecule has 0 aliphatic carbocycles. The quantitative estimate of drug-likeness (QED) is 0.133. The number of fused-ring (bicyclic) bond motifs is 1. The summed E-state index contributed by atoms with van der Waals surface area (Å²) in [5.74, 6) is -2.08. The third kappa shape index (κ3) is 5.45. The first kappa shape index (κ1) is 25.5. The van der Waals surface area contributed by atoms with E-state index < -0.39 is 29.2 Å². The van der Waals surface area contributed by atoms with E-state index in [2.05, 4.69) is 27.0 Å². The maximum atomic E-state index is 13.0. The number of anilines is 1. The number of β-lactam (4-membered cyclic amide) rings is 1. The second kappa shape index (κ2) is 11.4. The normalized spacial score (nSPS) is 19.6. The molecule has 2 amide bonds. The fourth-order valence-electron chi connectivity index (χ4n) is 3.32. The molecule has 0 radical (unpaired) electrons. The molecule has 0 bridgehead atoms. The van der Waals surface area contributed by atoms with Crippen LogP contribution in [0.1, 0.15) is 11.3 Å². The number of carboxylic acid groups (broad SMARTS) is 1. The predicted molar refractivity (Wildman–Crippen MR) is 140 cm³/mol. The van der Waals surface area contributed by atoms with E-state index in [1.165, 1.54) is 34.5 Å². The molecule has 2 atom stereocenters. The van der Waals surface area contributed by atoms with Gasteiger partial charge in [0.2, 0.25) is 0 Å². The van der Waals surface area contributed by atoms with Gasteiger partial charge in [0, 0.05) is 28.4 Å². The first-order valence-corrected chi connectivity index (χ1v) is 13.2. The van der Waals surface area contributed by atoms with Crippen LogP contribution in [0.4, 0.5) is 5.13 Å². The van der Waals surface area contributed by atoms with E-state index in [1.807, 2.05) is 12.1 Å². The molecule has 2 aromatic heterocycles. The summed E-state index contributed by atoms with van der Waals surface area (Å²) < 4.78 is 0. The van der Waals surface area contributed by atoms with Crippen molar-refractivity contribution in [2.45, 2.75) is 11.4 Å². The van der Waals surface area contributed by atoms with E-state index in [0.29, 0.717) is 10.7 Å². The smallest absolute Gasteiger partial charge is 0.353 e. The van der Waals surface area contributed by atoms with Crippen LogP contribution in [0.25, 0.3) is 6.08 Å². The zero-order valence-electron chi connectivity index (χ0n) is 18.6. The van der Waals surface area contributed by atoms with Crippen LogP contribution in [-0.4, -0.2) is 67.2 Å². The Balaban J connectivity index is 1.49. The Morgan fingerprint density at radius 2 is 2.31 bits per heavy atom. The number of amides is 2. The molecule has 36 heavy (non-hydrogen) atoms. The van der Waals surface area contributed by atoms with Crippen LogP contribution in [-0.2, 0) is 19.2 Å². The zero-order valence-corrected chi connectivity index (χ0v) is 21.0.